The molecule has 1 aliphatic rings. The quantitative estimate of drug-likeness (QED) is 0.237. The van der Waals surface area contributed by atoms with E-state index in [1.54, 1.807) is 0 Å². The van der Waals surface area contributed by atoms with E-state index in [4.69, 9.17) is 0 Å². The molecule has 0 saturated heterocycles. The second-order valence-corrected chi connectivity index (χ2v) is 12.3. The standard InChI is InChI=1S/C31H34Br2FN3O2/c1-19(2)17-37(25-7-5-4-6-8-25)30-12-10-21(26-14-23(34)11-9-22(26)18-38)13-29(30)36-31(39)35-24-15-27(32)20(3)28(33)16-24/h9-16,18-19,25H,4-8,17H2,1-3H3,(H2,35,36,39). The van der Waals surface area contributed by atoms with Crippen LogP contribution >= 0.6 is 31.9 Å². The Balaban J connectivity index is 1.75. The van der Waals surface area contributed by atoms with Crippen LogP contribution < -0.4 is 15.5 Å². The van der Waals surface area contributed by atoms with Gasteiger partial charge in [0.25, 0.3) is 0 Å². The Kier molecular flexibility index (Phi) is 9.83. The van der Waals surface area contributed by atoms with Gasteiger partial charge in [-0.1, -0.05) is 71.0 Å². The molecule has 0 aromatic heterocycles. The first kappa shape index (κ1) is 29.3. The van der Waals surface area contributed by atoms with Gasteiger partial charge in [0.2, 0.25) is 0 Å². The Hall–Kier alpha value is -2.71. The molecule has 3 aromatic carbocycles. The van der Waals surface area contributed by atoms with E-state index in [2.05, 4.69) is 61.2 Å². The van der Waals surface area contributed by atoms with Gasteiger partial charge in [-0.2, -0.15) is 0 Å². The number of carbonyl (C=O) groups is 2. The van der Waals surface area contributed by atoms with Crippen LogP contribution in [0.4, 0.5) is 26.2 Å². The van der Waals surface area contributed by atoms with Crippen LogP contribution in [0.5, 0.6) is 0 Å². The Labute approximate surface area is 246 Å². The number of anilines is 3. The van der Waals surface area contributed by atoms with Crippen molar-refractivity contribution in [1.82, 2.24) is 0 Å². The third kappa shape index (κ3) is 7.28. The maximum absolute atomic E-state index is 14.2. The van der Waals surface area contributed by atoms with E-state index >= 15 is 0 Å². The van der Waals surface area contributed by atoms with Crippen molar-refractivity contribution < 1.29 is 14.0 Å². The maximum Gasteiger partial charge on any atom is 0.323 e. The molecule has 0 spiro atoms. The number of nitrogens with zero attached hydrogens (tertiary/aromatic N) is 1. The molecule has 1 saturated carbocycles. The van der Waals surface area contributed by atoms with Crippen LogP contribution in [0, 0.1) is 18.7 Å². The van der Waals surface area contributed by atoms with E-state index in [1.807, 2.05) is 37.3 Å². The van der Waals surface area contributed by atoms with Gasteiger partial charge >= 0.3 is 6.03 Å². The smallest absolute Gasteiger partial charge is 0.323 e. The Morgan fingerprint density at radius 3 is 2.36 bits per heavy atom. The zero-order valence-corrected chi connectivity index (χ0v) is 25.7. The molecule has 1 aliphatic carbocycles. The molecular weight excluding hydrogens is 625 g/mol. The number of urea groups is 1. The molecule has 2 N–H and O–H groups in total. The van der Waals surface area contributed by atoms with Gasteiger partial charge in [-0.25, -0.2) is 9.18 Å². The van der Waals surface area contributed by atoms with Gasteiger partial charge < -0.3 is 15.5 Å². The SMILES string of the molecule is Cc1c(Br)cc(NC(=O)Nc2cc(-c3cc(F)ccc3C=O)ccc2N(CC(C)C)C2CCCCC2)cc1Br. The zero-order valence-electron chi connectivity index (χ0n) is 22.5. The van der Waals surface area contributed by atoms with Gasteiger partial charge in [0.05, 0.1) is 11.4 Å². The third-order valence-corrected chi connectivity index (χ3v) is 8.77. The summed E-state index contributed by atoms with van der Waals surface area (Å²) in [7, 11) is 0. The average molecular weight is 659 g/mol. The molecule has 206 valence electrons. The number of amides is 2. The monoisotopic (exact) mass is 657 g/mol. The van der Waals surface area contributed by atoms with E-state index in [0.29, 0.717) is 40.0 Å². The van der Waals surface area contributed by atoms with Crippen molar-refractivity contribution in [3.8, 4) is 11.1 Å². The fourth-order valence-electron chi connectivity index (χ4n) is 5.17. The van der Waals surface area contributed by atoms with Crippen molar-refractivity contribution in [3.63, 3.8) is 0 Å². The fraction of sp³-hybridized carbons (Fsp3) is 0.355. The summed E-state index contributed by atoms with van der Waals surface area (Å²) >= 11 is 7.08. The van der Waals surface area contributed by atoms with Crippen molar-refractivity contribution in [2.45, 2.75) is 58.9 Å². The van der Waals surface area contributed by atoms with Crippen LogP contribution in [-0.2, 0) is 0 Å². The second-order valence-electron chi connectivity index (χ2n) is 10.6. The number of hydrogen-bond acceptors (Lipinski definition) is 3. The molecule has 3 aromatic rings. The molecule has 0 atom stereocenters. The Morgan fingerprint density at radius 1 is 1.03 bits per heavy atom. The predicted octanol–water partition coefficient (Wildman–Crippen LogP) is 9.58. The summed E-state index contributed by atoms with van der Waals surface area (Å²) in [4.78, 5) is 27.5. The van der Waals surface area contributed by atoms with Crippen LogP contribution in [0.15, 0.2) is 57.5 Å². The van der Waals surface area contributed by atoms with Gasteiger partial charge in [0, 0.05) is 32.8 Å². The largest absolute Gasteiger partial charge is 0.367 e. The van der Waals surface area contributed by atoms with Crippen molar-refractivity contribution in [1.29, 1.82) is 0 Å². The van der Waals surface area contributed by atoms with Gasteiger partial charge in [0.15, 0.2) is 6.29 Å². The normalized spacial score (nSPS) is 13.8. The molecule has 1 fully saturated rings. The first-order valence-corrected chi connectivity index (χ1v) is 14.9. The number of aldehydes is 1. The summed E-state index contributed by atoms with van der Waals surface area (Å²) in [5, 5.41) is 6.00. The summed E-state index contributed by atoms with van der Waals surface area (Å²) in [5.74, 6) is -0.00785. The molecule has 2 amide bonds. The Morgan fingerprint density at radius 2 is 1.72 bits per heavy atom. The summed E-state index contributed by atoms with van der Waals surface area (Å²) in [5.41, 5.74) is 4.74. The molecule has 0 radical (unpaired) electrons. The number of rotatable bonds is 8. The number of benzene rings is 3. The van der Waals surface area contributed by atoms with Crippen LogP contribution in [0.1, 0.15) is 61.9 Å². The highest BCUT2D eigenvalue weighted by atomic mass is 79.9. The van der Waals surface area contributed by atoms with E-state index in [1.165, 1.54) is 37.5 Å². The van der Waals surface area contributed by atoms with Crippen molar-refractivity contribution in [3.05, 3.63) is 74.4 Å². The van der Waals surface area contributed by atoms with Gasteiger partial charge in [-0.3, -0.25) is 4.79 Å². The van der Waals surface area contributed by atoms with Gasteiger partial charge in [-0.05, 0) is 84.8 Å². The highest BCUT2D eigenvalue weighted by Crippen LogP contribution is 2.37. The van der Waals surface area contributed by atoms with Crippen LogP contribution in [0.25, 0.3) is 11.1 Å². The minimum absolute atomic E-state index is 0.374. The van der Waals surface area contributed by atoms with E-state index in [0.717, 1.165) is 45.9 Å². The lowest BCUT2D eigenvalue weighted by molar-refractivity contribution is 0.112. The second kappa shape index (κ2) is 13.1. The highest BCUT2D eigenvalue weighted by Gasteiger charge is 2.25. The minimum atomic E-state index is -0.425. The number of carbonyl (C=O) groups excluding carboxylic acids is 2. The van der Waals surface area contributed by atoms with Crippen LogP contribution in [-0.4, -0.2) is 24.9 Å². The summed E-state index contributed by atoms with van der Waals surface area (Å²) < 4.78 is 16.0. The lowest BCUT2D eigenvalue weighted by Crippen LogP contribution is -2.40. The topological polar surface area (TPSA) is 61.4 Å². The summed E-state index contributed by atoms with van der Waals surface area (Å²) in [6, 6.07) is 13.5. The molecule has 0 heterocycles. The van der Waals surface area contributed by atoms with Crippen LogP contribution in [0.3, 0.4) is 0 Å². The molecule has 5 nitrogen and oxygen atoms in total. The average Bonchev–Trinajstić information content (AvgIpc) is 2.90. The lowest BCUT2D eigenvalue weighted by Gasteiger charge is -2.38. The van der Waals surface area contributed by atoms with Crippen LogP contribution in [0.2, 0.25) is 0 Å². The molecular formula is C31H34Br2FN3O2. The minimum Gasteiger partial charge on any atom is -0.367 e. The molecule has 8 heteroatoms. The molecule has 39 heavy (non-hydrogen) atoms. The first-order chi connectivity index (χ1) is 18.7. The van der Waals surface area contributed by atoms with Gasteiger partial charge in [0.1, 0.15) is 5.82 Å². The van der Waals surface area contributed by atoms with Crippen molar-refractivity contribution in [2.24, 2.45) is 5.92 Å². The maximum atomic E-state index is 14.2. The number of nitrogens with one attached hydrogen (secondary N) is 2. The van der Waals surface area contributed by atoms with Crippen molar-refractivity contribution in [2.75, 3.05) is 22.1 Å². The van der Waals surface area contributed by atoms with E-state index in [-0.39, 0.29) is 6.03 Å². The highest BCUT2D eigenvalue weighted by molar-refractivity contribution is 9.11. The van der Waals surface area contributed by atoms with E-state index < -0.39 is 5.82 Å². The van der Waals surface area contributed by atoms with E-state index in [9.17, 15) is 14.0 Å². The molecule has 4 rings (SSSR count). The Bertz CT molecular complexity index is 1330. The third-order valence-electron chi connectivity index (χ3n) is 7.12. The molecule has 0 unspecified atom stereocenters. The predicted molar refractivity (Wildman–Crippen MR) is 166 cm³/mol. The first-order valence-electron chi connectivity index (χ1n) is 13.4. The number of halogens is 3. The molecule has 0 aliphatic heterocycles. The van der Waals surface area contributed by atoms with Crippen molar-refractivity contribution >= 4 is 61.2 Å². The lowest BCUT2D eigenvalue weighted by atomic mass is 9.92. The molecule has 0 bridgehead atoms. The summed E-state index contributed by atoms with van der Waals surface area (Å²) in [6.07, 6.45) is 6.54. The summed E-state index contributed by atoms with van der Waals surface area (Å²) in [6.45, 7) is 7.21. The number of hydrogen-bond donors (Lipinski definition) is 2. The van der Waals surface area contributed by atoms with Gasteiger partial charge in [-0.15, -0.1) is 0 Å². The zero-order chi connectivity index (χ0) is 28.1. The fourth-order valence-corrected chi connectivity index (χ4v) is 6.35.